The van der Waals surface area contributed by atoms with Gasteiger partial charge in [0.1, 0.15) is 23.4 Å². The molecule has 0 aromatic heterocycles. The fourth-order valence-corrected chi connectivity index (χ4v) is 3.99. The number of amides is 3. The molecule has 2 aromatic rings. The number of carbonyl (C=O) groups is 3. The number of aliphatic hydroxyl groups excluding tert-OH is 1. The number of methoxy groups -OCH3 is 1. The van der Waals surface area contributed by atoms with Crippen LogP contribution in [0.2, 0.25) is 0 Å². The van der Waals surface area contributed by atoms with Crippen molar-refractivity contribution < 1.29 is 29.0 Å². The molecule has 2 rings (SSSR count). The monoisotopic (exact) mass is 541 g/mol. The van der Waals surface area contributed by atoms with Crippen LogP contribution >= 0.6 is 0 Å². The lowest BCUT2D eigenvalue weighted by atomic mass is 9.91. The minimum atomic E-state index is -1.33. The number of carbonyl (C=O) groups excluding carboxylic acids is 3. The highest BCUT2D eigenvalue weighted by molar-refractivity contribution is 5.99. The Morgan fingerprint density at radius 2 is 1.59 bits per heavy atom. The van der Waals surface area contributed by atoms with Crippen molar-refractivity contribution >= 4 is 23.6 Å². The number of ether oxygens (including phenoxy) is 2. The molecule has 9 heteroatoms. The molecule has 0 aliphatic heterocycles. The molecule has 0 aliphatic rings. The number of hydrogen-bond acceptors (Lipinski definition) is 6. The standard InChI is InChI=1S/C30H43N3O6/c1-10-30(7,8)33(27(36)24(18-34)32-28(37)39-29(4,5)6)25(21-12-11-19(2)20(3)17-21)26(35)31-22-13-15-23(38-9)16-14-22/h11-17,24-25,34H,10,18H2,1-9H3,(H,31,35)(H,32,37). The minimum Gasteiger partial charge on any atom is -0.497 e. The van der Waals surface area contributed by atoms with E-state index in [-0.39, 0.29) is 0 Å². The molecule has 0 spiro atoms. The number of benzene rings is 2. The Bertz CT molecular complexity index is 1150. The zero-order valence-corrected chi connectivity index (χ0v) is 24.5. The molecule has 3 amide bonds. The number of nitrogens with one attached hydrogen (secondary N) is 2. The van der Waals surface area contributed by atoms with Crippen LogP contribution in [0, 0.1) is 13.8 Å². The van der Waals surface area contributed by atoms with Crippen LogP contribution in [0.25, 0.3) is 0 Å². The maximum Gasteiger partial charge on any atom is 0.408 e. The molecule has 39 heavy (non-hydrogen) atoms. The molecule has 0 radical (unpaired) electrons. The largest absolute Gasteiger partial charge is 0.497 e. The predicted molar refractivity (Wildman–Crippen MR) is 152 cm³/mol. The highest BCUT2D eigenvalue weighted by Gasteiger charge is 2.43. The topological polar surface area (TPSA) is 117 Å². The highest BCUT2D eigenvalue weighted by atomic mass is 16.6. The molecule has 2 aromatic carbocycles. The molecular weight excluding hydrogens is 498 g/mol. The first-order valence-electron chi connectivity index (χ1n) is 13.1. The number of aryl methyl sites for hydroxylation is 2. The van der Waals surface area contributed by atoms with Crippen LogP contribution in [0.5, 0.6) is 5.75 Å². The molecule has 0 fully saturated rings. The summed E-state index contributed by atoms with van der Waals surface area (Å²) < 4.78 is 10.5. The van der Waals surface area contributed by atoms with E-state index in [1.54, 1.807) is 52.1 Å². The summed E-state index contributed by atoms with van der Waals surface area (Å²) in [5.41, 5.74) is 1.51. The number of alkyl carbamates (subject to hydrolysis) is 1. The second-order valence-electron chi connectivity index (χ2n) is 11.2. The van der Waals surface area contributed by atoms with Gasteiger partial charge in [-0.15, -0.1) is 0 Å². The Balaban J connectivity index is 2.60. The molecule has 9 nitrogen and oxygen atoms in total. The number of hydrogen-bond donors (Lipinski definition) is 3. The summed E-state index contributed by atoms with van der Waals surface area (Å²) >= 11 is 0. The number of nitrogens with zero attached hydrogens (tertiary/aromatic N) is 1. The number of aliphatic hydroxyl groups is 1. The number of rotatable bonds is 10. The molecule has 0 bridgehead atoms. The molecule has 0 aliphatic carbocycles. The average Bonchev–Trinajstić information content (AvgIpc) is 2.86. The maximum absolute atomic E-state index is 14.1. The van der Waals surface area contributed by atoms with Gasteiger partial charge < -0.3 is 30.1 Å². The summed E-state index contributed by atoms with van der Waals surface area (Å²) in [5, 5.41) is 15.6. The summed E-state index contributed by atoms with van der Waals surface area (Å²) in [7, 11) is 1.56. The third-order valence-electron chi connectivity index (χ3n) is 6.64. The lowest BCUT2D eigenvalue weighted by molar-refractivity contribution is -0.148. The van der Waals surface area contributed by atoms with Crippen molar-refractivity contribution in [3.63, 3.8) is 0 Å². The summed E-state index contributed by atoms with van der Waals surface area (Å²) in [4.78, 5) is 42.0. The van der Waals surface area contributed by atoms with Crippen LogP contribution in [0.4, 0.5) is 10.5 Å². The first-order chi connectivity index (χ1) is 18.1. The summed E-state index contributed by atoms with van der Waals surface area (Å²) in [6.07, 6.45) is -0.338. The molecule has 0 saturated heterocycles. The first kappa shape index (κ1) is 31.6. The van der Waals surface area contributed by atoms with Crippen LogP contribution in [0.1, 0.15) is 70.7 Å². The molecular formula is C30H43N3O6. The fourth-order valence-electron chi connectivity index (χ4n) is 3.99. The van der Waals surface area contributed by atoms with Crippen molar-refractivity contribution in [3.05, 3.63) is 59.2 Å². The lowest BCUT2D eigenvalue weighted by Crippen LogP contribution is -2.59. The Kier molecular flexibility index (Phi) is 10.5. The van der Waals surface area contributed by atoms with E-state index < -0.39 is 47.7 Å². The van der Waals surface area contributed by atoms with Gasteiger partial charge in [-0.25, -0.2) is 4.79 Å². The Morgan fingerprint density at radius 3 is 2.08 bits per heavy atom. The molecule has 0 saturated carbocycles. The van der Waals surface area contributed by atoms with Gasteiger partial charge in [-0.05, 0) is 95.8 Å². The van der Waals surface area contributed by atoms with Gasteiger partial charge >= 0.3 is 6.09 Å². The van der Waals surface area contributed by atoms with Crippen molar-refractivity contribution in [2.75, 3.05) is 19.0 Å². The van der Waals surface area contributed by atoms with Gasteiger partial charge in [-0.1, -0.05) is 25.1 Å². The highest BCUT2D eigenvalue weighted by Crippen LogP contribution is 2.34. The second-order valence-corrected chi connectivity index (χ2v) is 11.2. The van der Waals surface area contributed by atoms with Gasteiger partial charge in [0, 0.05) is 11.2 Å². The van der Waals surface area contributed by atoms with E-state index in [1.165, 1.54) is 4.90 Å². The first-order valence-corrected chi connectivity index (χ1v) is 13.1. The molecule has 214 valence electrons. The van der Waals surface area contributed by atoms with Crippen molar-refractivity contribution in [2.45, 2.75) is 85.0 Å². The quantitative estimate of drug-likeness (QED) is 0.394. The zero-order valence-electron chi connectivity index (χ0n) is 24.5. The maximum atomic E-state index is 14.1. The van der Waals surface area contributed by atoms with E-state index in [0.717, 1.165) is 11.1 Å². The van der Waals surface area contributed by atoms with Gasteiger partial charge in [-0.3, -0.25) is 9.59 Å². The van der Waals surface area contributed by atoms with Gasteiger partial charge in [0.2, 0.25) is 5.91 Å². The predicted octanol–water partition coefficient (Wildman–Crippen LogP) is 4.89. The normalized spacial score (nSPS) is 13.2. The number of anilines is 1. The van der Waals surface area contributed by atoms with Gasteiger partial charge in [0.25, 0.3) is 5.91 Å². The van der Waals surface area contributed by atoms with Crippen molar-refractivity contribution in [1.29, 1.82) is 0 Å². The van der Waals surface area contributed by atoms with Gasteiger partial charge in [0.15, 0.2) is 0 Å². The van der Waals surface area contributed by atoms with E-state index in [2.05, 4.69) is 10.6 Å². The Morgan fingerprint density at radius 1 is 0.974 bits per heavy atom. The second kappa shape index (κ2) is 13.0. The van der Waals surface area contributed by atoms with Crippen LogP contribution in [-0.2, 0) is 14.3 Å². The minimum absolute atomic E-state index is 0.438. The zero-order chi connectivity index (χ0) is 29.5. The smallest absolute Gasteiger partial charge is 0.408 e. The third-order valence-corrected chi connectivity index (χ3v) is 6.64. The summed E-state index contributed by atoms with van der Waals surface area (Å²) in [6.45, 7) is 14.0. The van der Waals surface area contributed by atoms with Crippen molar-refractivity contribution in [3.8, 4) is 5.75 Å². The van der Waals surface area contributed by atoms with E-state index >= 15 is 0 Å². The van der Waals surface area contributed by atoms with E-state index in [4.69, 9.17) is 9.47 Å². The van der Waals surface area contributed by atoms with Gasteiger partial charge in [-0.2, -0.15) is 0 Å². The Hall–Kier alpha value is -3.59. The molecule has 0 heterocycles. The van der Waals surface area contributed by atoms with E-state index in [0.29, 0.717) is 23.4 Å². The molecule has 3 N–H and O–H groups in total. The lowest BCUT2D eigenvalue weighted by Gasteiger charge is -2.44. The van der Waals surface area contributed by atoms with Crippen molar-refractivity contribution in [1.82, 2.24) is 10.2 Å². The summed E-state index contributed by atoms with van der Waals surface area (Å²) in [5.74, 6) is -0.405. The van der Waals surface area contributed by atoms with Gasteiger partial charge in [0.05, 0.1) is 13.7 Å². The molecule has 2 atom stereocenters. The van der Waals surface area contributed by atoms with Crippen LogP contribution in [0.3, 0.4) is 0 Å². The summed E-state index contributed by atoms with van der Waals surface area (Å²) in [6, 6.07) is 10.1. The van der Waals surface area contributed by atoms with Crippen LogP contribution < -0.4 is 15.4 Å². The average molecular weight is 542 g/mol. The van der Waals surface area contributed by atoms with Crippen LogP contribution in [0.15, 0.2) is 42.5 Å². The van der Waals surface area contributed by atoms with E-state index in [1.807, 2.05) is 52.8 Å². The van der Waals surface area contributed by atoms with Crippen molar-refractivity contribution in [2.24, 2.45) is 0 Å². The van der Waals surface area contributed by atoms with E-state index in [9.17, 15) is 19.5 Å². The Labute approximate surface area is 231 Å². The van der Waals surface area contributed by atoms with Crippen LogP contribution in [-0.4, -0.2) is 58.8 Å². The third kappa shape index (κ3) is 8.45. The SMILES string of the molecule is CCC(C)(C)N(C(=O)C(CO)NC(=O)OC(C)(C)C)C(C(=O)Nc1ccc(OC)cc1)c1ccc(C)c(C)c1. The molecule has 2 unspecified atom stereocenters. The fraction of sp³-hybridized carbons (Fsp3) is 0.500.